The number of unbranched alkanes of at least 4 members (excludes halogenated alkanes) is 1. The fourth-order valence-corrected chi connectivity index (χ4v) is 2.32. The van der Waals surface area contributed by atoms with Gasteiger partial charge >= 0.3 is 5.97 Å². The summed E-state index contributed by atoms with van der Waals surface area (Å²) in [5, 5.41) is 0.187. The highest BCUT2D eigenvalue weighted by atomic mass is 35.5. The molecule has 0 saturated heterocycles. The molecule has 6 nitrogen and oxygen atoms in total. The highest BCUT2D eigenvalue weighted by Gasteiger charge is 2.17. The third-order valence-electron chi connectivity index (χ3n) is 3.34. The summed E-state index contributed by atoms with van der Waals surface area (Å²) < 4.78 is 4.60. The zero-order valence-electron chi connectivity index (χ0n) is 13.1. The van der Waals surface area contributed by atoms with Crippen LogP contribution in [-0.4, -0.2) is 33.8 Å². The molecule has 0 aliphatic heterocycles. The zero-order chi connectivity index (χ0) is 16.8. The number of ether oxygens (including phenoxy) is 1. The lowest BCUT2D eigenvalue weighted by Gasteiger charge is -2.01. The summed E-state index contributed by atoms with van der Waals surface area (Å²) in [6.45, 7) is 2.08. The second kappa shape index (κ2) is 7.87. The Kier molecular flexibility index (Phi) is 5.87. The molecule has 23 heavy (non-hydrogen) atoms. The number of aromatic nitrogens is 3. The SMILES string of the molecule is CCCCc1nc(Cl)c(C(=O)Cc2ccc(C(=O)OC)cn2)[nH]1. The van der Waals surface area contributed by atoms with Crippen molar-refractivity contribution in [3.8, 4) is 0 Å². The van der Waals surface area contributed by atoms with E-state index < -0.39 is 5.97 Å². The number of H-pyrrole nitrogens is 1. The van der Waals surface area contributed by atoms with Crippen molar-refractivity contribution in [2.24, 2.45) is 0 Å². The van der Waals surface area contributed by atoms with Gasteiger partial charge in [-0.25, -0.2) is 9.78 Å². The van der Waals surface area contributed by atoms with E-state index in [0.29, 0.717) is 22.8 Å². The molecule has 2 rings (SSSR count). The van der Waals surface area contributed by atoms with Crippen LogP contribution >= 0.6 is 11.6 Å². The van der Waals surface area contributed by atoms with Crippen molar-refractivity contribution in [1.29, 1.82) is 0 Å². The number of rotatable bonds is 7. The number of carbonyl (C=O) groups excluding carboxylic acids is 2. The van der Waals surface area contributed by atoms with Gasteiger partial charge in [0.1, 0.15) is 11.5 Å². The van der Waals surface area contributed by atoms with Gasteiger partial charge in [0, 0.05) is 18.3 Å². The molecule has 2 heterocycles. The second-order valence-electron chi connectivity index (χ2n) is 5.08. The normalized spacial score (nSPS) is 10.6. The standard InChI is InChI=1S/C16H18ClN3O3/c1-3-4-5-13-19-14(15(17)20-13)12(21)8-11-7-6-10(9-18-11)16(22)23-2/h6-7,9H,3-5,8H2,1-2H3,(H,19,20). The van der Waals surface area contributed by atoms with Crippen LogP contribution < -0.4 is 0 Å². The molecule has 0 aliphatic carbocycles. The molecule has 0 aliphatic rings. The Morgan fingerprint density at radius 1 is 1.35 bits per heavy atom. The Balaban J connectivity index is 2.06. The number of nitrogens with one attached hydrogen (secondary N) is 1. The van der Waals surface area contributed by atoms with Gasteiger partial charge in [0.2, 0.25) is 0 Å². The van der Waals surface area contributed by atoms with Crippen molar-refractivity contribution >= 4 is 23.4 Å². The first-order valence-electron chi connectivity index (χ1n) is 7.36. The topological polar surface area (TPSA) is 84.9 Å². The molecule has 0 atom stereocenters. The number of nitrogens with zero attached hydrogens (tertiary/aromatic N) is 2. The van der Waals surface area contributed by atoms with Gasteiger partial charge in [-0.15, -0.1) is 0 Å². The average Bonchev–Trinajstić information content (AvgIpc) is 2.93. The Morgan fingerprint density at radius 2 is 2.13 bits per heavy atom. The third-order valence-corrected chi connectivity index (χ3v) is 3.62. The van der Waals surface area contributed by atoms with Crippen LogP contribution in [0.1, 0.15) is 52.1 Å². The number of hydrogen-bond acceptors (Lipinski definition) is 5. The molecule has 7 heteroatoms. The number of pyridine rings is 1. The van der Waals surface area contributed by atoms with Gasteiger partial charge in [0.15, 0.2) is 10.9 Å². The van der Waals surface area contributed by atoms with Gasteiger partial charge in [-0.05, 0) is 18.6 Å². The van der Waals surface area contributed by atoms with Crippen LogP contribution in [0.2, 0.25) is 5.15 Å². The van der Waals surface area contributed by atoms with Crippen LogP contribution in [0, 0.1) is 0 Å². The zero-order valence-corrected chi connectivity index (χ0v) is 13.8. The van der Waals surface area contributed by atoms with E-state index in [1.54, 1.807) is 12.1 Å². The second-order valence-corrected chi connectivity index (χ2v) is 5.44. The molecule has 2 aromatic heterocycles. The van der Waals surface area contributed by atoms with E-state index in [2.05, 4.69) is 26.6 Å². The number of carbonyl (C=O) groups is 2. The summed E-state index contributed by atoms with van der Waals surface area (Å²) in [6.07, 6.45) is 4.24. The number of halogens is 1. The summed E-state index contributed by atoms with van der Waals surface area (Å²) in [5.74, 6) is 0.0605. The third kappa shape index (κ3) is 4.39. The van der Waals surface area contributed by atoms with Crippen molar-refractivity contribution in [1.82, 2.24) is 15.0 Å². The van der Waals surface area contributed by atoms with Crippen LogP contribution in [0.4, 0.5) is 0 Å². The lowest BCUT2D eigenvalue weighted by Crippen LogP contribution is -2.08. The van der Waals surface area contributed by atoms with Gasteiger partial charge in [-0.1, -0.05) is 24.9 Å². The molecule has 0 unspecified atom stereocenters. The smallest absolute Gasteiger partial charge is 0.339 e. The van der Waals surface area contributed by atoms with Gasteiger partial charge in [-0.2, -0.15) is 0 Å². The molecule has 0 aromatic carbocycles. The summed E-state index contributed by atoms with van der Waals surface area (Å²) >= 11 is 6.03. The Bertz CT molecular complexity index is 695. The van der Waals surface area contributed by atoms with E-state index in [-0.39, 0.29) is 17.4 Å². The fraction of sp³-hybridized carbons (Fsp3) is 0.375. The van der Waals surface area contributed by atoms with Gasteiger partial charge in [-0.3, -0.25) is 9.78 Å². The van der Waals surface area contributed by atoms with Crippen LogP contribution in [0.15, 0.2) is 18.3 Å². The van der Waals surface area contributed by atoms with Gasteiger partial charge in [0.05, 0.1) is 19.1 Å². The summed E-state index contributed by atoms with van der Waals surface area (Å²) in [7, 11) is 1.30. The number of imidazole rings is 1. The number of hydrogen-bond donors (Lipinski definition) is 1. The molecule has 0 spiro atoms. The molecule has 1 N–H and O–H groups in total. The number of ketones is 1. The van der Waals surface area contributed by atoms with Crippen molar-refractivity contribution in [2.45, 2.75) is 32.6 Å². The number of aryl methyl sites for hydroxylation is 1. The maximum absolute atomic E-state index is 12.3. The largest absolute Gasteiger partial charge is 0.465 e. The Labute approximate surface area is 139 Å². The van der Waals surface area contributed by atoms with Crippen molar-refractivity contribution in [3.63, 3.8) is 0 Å². The highest BCUT2D eigenvalue weighted by molar-refractivity contribution is 6.32. The number of esters is 1. The average molecular weight is 336 g/mol. The van der Waals surface area contributed by atoms with Crippen LogP contribution in [0.3, 0.4) is 0 Å². The molecular weight excluding hydrogens is 318 g/mol. The minimum atomic E-state index is -0.465. The number of methoxy groups -OCH3 is 1. The van der Waals surface area contributed by atoms with E-state index in [1.807, 2.05) is 0 Å². The Morgan fingerprint density at radius 3 is 2.74 bits per heavy atom. The van der Waals surface area contributed by atoms with Crippen molar-refractivity contribution < 1.29 is 14.3 Å². The lowest BCUT2D eigenvalue weighted by molar-refractivity contribution is 0.0600. The molecule has 0 saturated carbocycles. The number of Topliss-reactive ketones (excluding diaryl/α,β-unsaturated/α-hetero) is 1. The quantitative estimate of drug-likeness (QED) is 0.621. The predicted octanol–water partition coefficient (Wildman–Crippen LogP) is 3.01. The summed E-state index contributed by atoms with van der Waals surface area (Å²) in [4.78, 5) is 34.9. The molecular formula is C16H18ClN3O3. The molecule has 0 amide bonds. The minimum Gasteiger partial charge on any atom is -0.465 e. The van der Waals surface area contributed by atoms with Crippen LogP contribution in [0.5, 0.6) is 0 Å². The van der Waals surface area contributed by atoms with E-state index in [4.69, 9.17) is 11.6 Å². The van der Waals surface area contributed by atoms with Crippen molar-refractivity contribution in [3.05, 3.63) is 46.3 Å². The maximum Gasteiger partial charge on any atom is 0.339 e. The van der Waals surface area contributed by atoms with E-state index in [1.165, 1.54) is 13.3 Å². The first-order valence-corrected chi connectivity index (χ1v) is 7.73. The maximum atomic E-state index is 12.3. The van der Waals surface area contributed by atoms with Crippen molar-refractivity contribution in [2.75, 3.05) is 7.11 Å². The molecule has 2 aromatic rings. The van der Waals surface area contributed by atoms with Gasteiger partial charge in [0.25, 0.3) is 0 Å². The van der Waals surface area contributed by atoms with Crippen LogP contribution in [-0.2, 0) is 17.6 Å². The van der Waals surface area contributed by atoms with E-state index in [0.717, 1.165) is 19.3 Å². The van der Waals surface area contributed by atoms with Crippen LogP contribution in [0.25, 0.3) is 0 Å². The van der Waals surface area contributed by atoms with Gasteiger partial charge < -0.3 is 9.72 Å². The minimum absolute atomic E-state index is 0.0799. The monoisotopic (exact) mass is 335 g/mol. The molecule has 122 valence electrons. The van der Waals surface area contributed by atoms with E-state index in [9.17, 15) is 9.59 Å². The first-order chi connectivity index (χ1) is 11.0. The molecule has 0 fully saturated rings. The summed E-state index contributed by atoms with van der Waals surface area (Å²) in [6, 6.07) is 3.19. The van der Waals surface area contributed by atoms with E-state index >= 15 is 0 Å². The predicted molar refractivity (Wildman–Crippen MR) is 85.8 cm³/mol. The fourth-order valence-electron chi connectivity index (χ4n) is 2.07. The molecule has 0 radical (unpaired) electrons. The number of aromatic amines is 1. The molecule has 0 bridgehead atoms. The lowest BCUT2D eigenvalue weighted by atomic mass is 10.1. The summed E-state index contributed by atoms with van der Waals surface area (Å²) in [5.41, 5.74) is 1.19. The Hall–Kier alpha value is -2.21. The first kappa shape index (κ1) is 17.1. The highest BCUT2D eigenvalue weighted by Crippen LogP contribution is 2.16.